The fourth-order valence-electron chi connectivity index (χ4n) is 3.44. The lowest BCUT2D eigenvalue weighted by atomic mass is 9.86. The van der Waals surface area contributed by atoms with Crippen molar-refractivity contribution < 1.29 is 4.79 Å². The van der Waals surface area contributed by atoms with Crippen LogP contribution in [0, 0.1) is 0 Å². The predicted molar refractivity (Wildman–Crippen MR) is 97.7 cm³/mol. The van der Waals surface area contributed by atoms with Crippen LogP contribution in [0.15, 0.2) is 60.9 Å². The number of benzene rings is 2. The summed E-state index contributed by atoms with van der Waals surface area (Å²) in [6.07, 6.45) is 3.91. The molecule has 5 heteroatoms. The highest BCUT2D eigenvalue weighted by atomic mass is 35.5. The quantitative estimate of drug-likeness (QED) is 0.703. The largest absolute Gasteiger partial charge is 0.333 e. The number of hydrogen-bond acceptors (Lipinski definition) is 2. The number of carbonyl (C=O) groups is 1. The van der Waals surface area contributed by atoms with Gasteiger partial charge in [-0.25, -0.2) is 0 Å². The monoisotopic (exact) mass is 351 g/mol. The maximum Gasteiger partial charge on any atom is 0.254 e. The van der Waals surface area contributed by atoms with Gasteiger partial charge in [0.05, 0.1) is 6.20 Å². The van der Waals surface area contributed by atoms with E-state index >= 15 is 0 Å². The first kappa shape index (κ1) is 15.9. The number of halogens is 1. The maximum absolute atomic E-state index is 13.0. The van der Waals surface area contributed by atoms with E-state index in [1.807, 2.05) is 30.4 Å². The van der Waals surface area contributed by atoms with E-state index in [4.69, 9.17) is 11.6 Å². The molecule has 2 aromatic carbocycles. The van der Waals surface area contributed by atoms with Gasteiger partial charge >= 0.3 is 0 Å². The van der Waals surface area contributed by atoms with Crippen molar-refractivity contribution in [2.75, 3.05) is 6.54 Å². The zero-order chi connectivity index (χ0) is 17.4. The van der Waals surface area contributed by atoms with Crippen molar-refractivity contribution in [3.05, 3.63) is 88.2 Å². The van der Waals surface area contributed by atoms with Gasteiger partial charge in [-0.2, -0.15) is 5.10 Å². The number of amides is 1. The molecule has 1 amide bonds. The van der Waals surface area contributed by atoms with Crippen LogP contribution in [-0.2, 0) is 13.6 Å². The fraction of sp³-hybridized carbons (Fsp3) is 0.200. The summed E-state index contributed by atoms with van der Waals surface area (Å²) in [5.74, 6) is 0.162. The van der Waals surface area contributed by atoms with E-state index in [9.17, 15) is 4.79 Å². The number of aryl methyl sites for hydroxylation is 1. The minimum absolute atomic E-state index is 0.0278. The molecule has 1 atom stereocenters. The van der Waals surface area contributed by atoms with Crippen LogP contribution in [-0.4, -0.2) is 27.1 Å². The standard InChI is InChI=1S/C20H18ClN3O/c1-23-11-16(10-22-23)19-13-24(12-15-4-2-3-5-18(15)19)20(25)14-6-8-17(21)9-7-14/h2-11,19H,12-13H2,1H3. The number of hydrogen-bond donors (Lipinski definition) is 0. The summed E-state index contributed by atoms with van der Waals surface area (Å²) in [6.45, 7) is 1.26. The molecular weight excluding hydrogens is 334 g/mol. The van der Waals surface area contributed by atoms with Crippen molar-refractivity contribution in [2.24, 2.45) is 7.05 Å². The van der Waals surface area contributed by atoms with Gasteiger partial charge in [-0.05, 0) is 41.0 Å². The first-order valence-corrected chi connectivity index (χ1v) is 8.61. The lowest BCUT2D eigenvalue weighted by Gasteiger charge is -2.34. The molecular formula is C20H18ClN3O. The molecule has 1 aliphatic heterocycles. The van der Waals surface area contributed by atoms with E-state index in [-0.39, 0.29) is 11.8 Å². The van der Waals surface area contributed by atoms with Crippen LogP contribution in [0.5, 0.6) is 0 Å². The Balaban J connectivity index is 1.70. The van der Waals surface area contributed by atoms with Gasteiger partial charge in [0, 0.05) is 42.8 Å². The third-order valence-corrected chi connectivity index (χ3v) is 4.95. The van der Waals surface area contributed by atoms with Crippen LogP contribution in [0.25, 0.3) is 0 Å². The molecule has 0 aliphatic carbocycles. The van der Waals surface area contributed by atoms with Gasteiger partial charge in [0.15, 0.2) is 0 Å². The molecule has 25 heavy (non-hydrogen) atoms. The lowest BCUT2D eigenvalue weighted by molar-refractivity contribution is 0.0725. The van der Waals surface area contributed by atoms with Crippen molar-refractivity contribution in [2.45, 2.75) is 12.5 Å². The zero-order valence-electron chi connectivity index (χ0n) is 13.9. The average molecular weight is 352 g/mol. The normalized spacial score (nSPS) is 16.6. The molecule has 2 heterocycles. The van der Waals surface area contributed by atoms with Gasteiger partial charge in [-0.1, -0.05) is 35.9 Å². The molecule has 1 unspecified atom stereocenters. The molecule has 0 N–H and O–H groups in total. The summed E-state index contributed by atoms with van der Waals surface area (Å²) in [5, 5.41) is 4.93. The highest BCUT2D eigenvalue weighted by molar-refractivity contribution is 6.30. The Bertz CT molecular complexity index is 917. The number of fused-ring (bicyclic) bond motifs is 1. The Labute approximate surface area is 151 Å². The third-order valence-electron chi connectivity index (χ3n) is 4.70. The SMILES string of the molecule is Cn1cc(C2CN(C(=O)c3ccc(Cl)cc3)Cc3ccccc32)cn1. The molecule has 0 fully saturated rings. The minimum atomic E-state index is 0.0278. The van der Waals surface area contributed by atoms with Gasteiger partial charge in [0.1, 0.15) is 0 Å². The van der Waals surface area contributed by atoms with E-state index in [1.54, 1.807) is 28.9 Å². The topological polar surface area (TPSA) is 38.1 Å². The van der Waals surface area contributed by atoms with E-state index in [2.05, 4.69) is 23.3 Å². The molecule has 0 saturated carbocycles. The maximum atomic E-state index is 13.0. The molecule has 0 bridgehead atoms. The molecule has 0 saturated heterocycles. The summed E-state index contributed by atoms with van der Waals surface area (Å²) in [4.78, 5) is 14.9. The van der Waals surface area contributed by atoms with E-state index < -0.39 is 0 Å². The fourth-order valence-corrected chi connectivity index (χ4v) is 3.57. The summed E-state index contributed by atoms with van der Waals surface area (Å²) in [7, 11) is 1.91. The van der Waals surface area contributed by atoms with Gasteiger partial charge in [-0.15, -0.1) is 0 Å². The average Bonchev–Trinajstić information content (AvgIpc) is 3.07. The molecule has 3 aromatic rings. The third kappa shape index (κ3) is 3.05. The Morgan fingerprint density at radius 1 is 1.16 bits per heavy atom. The molecule has 0 spiro atoms. The van der Waals surface area contributed by atoms with Crippen LogP contribution < -0.4 is 0 Å². The molecule has 126 valence electrons. The smallest absolute Gasteiger partial charge is 0.254 e. The second kappa shape index (κ2) is 6.37. The lowest BCUT2D eigenvalue weighted by Crippen LogP contribution is -2.38. The second-order valence-electron chi connectivity index (χ2n) is 6.39. The van der Waals surface area contributed by atoms with Crippen molar-refractivity contribution in [1.29, 1.82) is 0 Å². The Morgan fingerprint density at radius 3 is 2.64 bits per heavy atom. The van der Waals surface area contributed by atoms with Crippen LogP contribution in [0.2, 0.25) is 5.02 Å². The summed E-state index contributed by atoms with van der Waals surface area (Å²) in [6, 6.07) is 15.4. The van der Waals surface area contributed by atoms with Gasteiger partial charge in [0.25, 0.3) is 5.91 Å². The summed E-state index contributed by atoms with van der Waals surface area (Å²) < 4.78 is 1.80. The number of rotatable bonds is 2. The van der Waals surface area contributed by atoms with Crippen LogP contribution >= 0.6 is 11.6 Å². The van der Waals surface area contributed by atoms with Crippen molar-refractivity contribution in [3.8, 4) is 0 Å². The van der Waals surface area contributed by atoms with E-state index in [1.165, 1.54) is 11.1 Å². The van der Waals surface area contributed by atoms with E-state index in [0.29, 0.717) is 23.7 Å². The van der Waals surface area contributed by atoms with Crippen LogP contribution in [0.1, 0.15) is 33.0 Å². The van der Waals surface area contributed by atoms with Gasteiger partial charge < -0.3 is 4.90 Å². The first-order chi connectivity index (χ1) is 12.1. The van der Waals surface area contributed by atoms with Crippen LogP contribution in [0.3, 0.4) is 0 Å². The molecule has 4 nitrogen and oxygen atoms in total. The number of nitrogens with zero attached hydrogens (tertiary/aromatic N) is 3. The Hall–Kier alpha value is -2.59. The minimum Gasteiger partial charge on any atom is -0.333 e. The summed E-state index contributed by atoms with van der Waals surface area (Å²) in [5.41, 5.74) is 4.25. The zero-order valence-corrected chi connectivity index (χ0v) is 14.6. The van der Waals surface area contributed by atoms with Gasteiger partial charge in [0.2, 0.25) is 0 Å². The highest BCUT2D eigenvalue weighted by Gasteiger charge is 2.30. The Morgan fingerprint density at radius 2 is 1.92 bits per heavy atom. The molecule has 1 aliphatic rings. The summed E-state index contributed by atoms with van der Waals surface area (Å²) >= 11 is 5.94. The van der Waals surface area contributed by atoms with Crippen molar-refractivity contribution in [3.63, 3.8) is 0 Å². The van der Waals surface area contributed by atoms with Gasteiger partial charge in [-0.3, -0.25) is 9.48 Å². The molecule has 4 rings (SSSR count). The van der Waals surface area contributed by atoms with Crippen LogP contribution in [0.4, 0.5) is 0 Å². The predicted octanol–water partition coefficient (Wildman–Crippen LogP) is 3.86. The molecule has 0 radical (unpaired) electrons. The second-order valence-corrected chi connectivity index (χ2v) is 6.83. The number of carbonyl (C=O) groups excluding carboxylic acids is 1. The Kier molecular flexibility index (Phi) is 4.06. The molecule has 1 aromatic heterocycles. The van der Waals surface area contributed by atoms with Crippen molar-refractivity contribution in [1.82, 2.24) is 14.7 Å². The van der Waals surface area contributed by atoms with E-state index in [0.717, 1.165) is 5.56 Å². The number of aromatic nitrogens is 2. The van der Waals surface area contributed by atoms with Crippen molar-refractivity contribution >= 4 is 17.5 Å². The highest BCUT2D eigenvalue weighted by Crippen LogP contribution is 2.33. The first-order valence-electron chi connectivity index (χ1n) is 8.23.